The monoisotopic (exact) mass is 255 g/mol. The Balaban J connectivity index is 2.37. The zero-order chi connectivity index (χ0) is 13.6. The van der Waals surface area contributed by atoms with Gasteiger partial charge in [0, 0.05) is 25.9 Å². The summed E-state index contributed by atoms with van der Waals surface area (Å²) >= 11 is 0. The minimum absolute atomic E-state index is 0.00895. The maximum absolute atomic E-state index is 11.8. The summed E-state index contributed by atoms with van der Waals surface area (Å²) in [6.07, 6.45) is 5.69. The van der Waals surface area contributed by atoms with Gasteiger partial charge in [-0.2, -0.15) is 0 Å². The number of amides is 1. The van der Waals surface area contributed by atoms with E-state index in [2.05, 4.69) is 13.8 Å². The highest BCUT2D eigenvalue weighted by molar-refractivity contribution is 5.76. The number of nitrogens with zero attached hydrogens (tertiary/aromatic N) is 1. The average molecular weight is 255 g/mol. The second-order valence-corrected chi connectivity index (χ2v) is 6.00. The van der Waals surface area contributed by atoms with Gasteiger partial charge in [0.05, 0.1) is 0 Å². The minimum atomic E-state index is -0.742. The smallest absolute Gasteiger partial charge is 0.303 e. The Hall–Kier alpha value is -1.06. The van der Waals surface area contributed by atoms with Gasteiger partial charge in [-0.15, -0.1) is 0 Å². The molecule has 0 saturated carbocycles. The third-order valence-electron chi connectivity index (χ3n) is 3.75. The van der Waals surface area contributed by atoms with E-state index in [4.69, 9.17) is 5.11 Å². The third kappa shape index (κ3) is 5.52. The van der Waals surface area contributed by atoms with Crippen molar-refractivity contribution in [2.24, 2.45) is 5.41 Å². The van der Waals surface area contributed by atoms with Crippen LogP contribution in [0.15, 0.2) is 0 Å². The van der Waals surface area contributed by atoms with E-state index in [9.17, 15) is 9.59 Å². The van der Waals surface area contributed by atoms with Crippen molar-refractivity contribution in [1.82, 2.24) is 4.90 Å². The standard InChI is InChI=1S/C14H25NO3/c1-14(2,8-7-13(17)18)9-11-15-10-5-3-4-6-12(15)16/h3-11H2,1-2H3,(H,17,18). The highest BCUT2D eigenvalue weighted by Crippen LogP contribution is 2.27. The third-order valence-corrected chi connectivity index (χ3v) is 3.75. The van der Waals surface area contributed by atoms with Crippen molar-refractivity contribution in [3.63, 3.8) is 0 Å². The highest BCUT2D eigenvalue weighted by atomic mass is 16.4. The lowest BCUT2D eigenvalue weighted by atomic mass is 9.84. The van der Waals surface area contributed by atoms with Crippen molar-refractivity contribution in [2.45, 2.75) is 58.8 Å². The first-order valence-electron chi connectivity index (χ1n) is 6.90. The number of rotatable bonds is 6. The molecule has 0 aromatic heterocycles. The fourth-order valence-corrected chi connectivity index (χ4v) is 2.28. The number of carbonyl (C=O) groups is 2. The van der Waals surface area contributed by atoms with Gasteiger partial charge in [-0.1, -0.05) is 20.3 Å². The fourth-order valence-electron chi connectivity index (χ4n) is 2.28. The molecule has 0 spiro atoms. The van der Waals surface area contributed by atoms with Gasteiger partial charge in [-0.25, -0.2) is 0 Å². The van der Waals surface area contributed by atoms with Crippen LogP contribution in [0.4, 0.5) is 0 Å². The van der Waals surface area contributed by atoms with Crippen LogP contribution in [0.25, 0.3) is 0 Å². The first kappa shape index (κ1) is 15.0. The molecule has 1 heterocycles. The van der Waals surface area contributed by atoms with Crippen molar-refractivity contribution in [2.75, 3.05) is 13.1 Å². The molecule has 0 aromatic carbocycles. The largest absolute Gasteiger partial charge is 0.481 e. The molecule has 1 rings (SSSR count). The molecule has 1 saturated heterocycles. The molecule has 0 unspecified atom stereocenters. The lowest BCUT2D eigenvalue weighted by Gasteiger charge is -2.28. The second kappa shape index (κ2) is 6.76. The van der Waals surface area contributed by atoms with Crippen molar-refractivity contribution >= 4 is 11.9 Å². The zero-order valence-corrected chi connectivity index (χ0v) is 11.6. The van der Waals surface area contributed by atoms with Crippen molar-refractivity contribution in [3.8, 4) is 0 Å². The molecular formula is C14H25NO3. The van der Waals surface area contributed by atoms with Crippen LogP contribution >= 0.6 is 0 Å². The molecule has 0 aromatic rings. The summed E-state index contributed by atoms with van der Waals surface area (Å²) in [4.78, 5) is 24.4. The molecular weight excluding hydrogens is 230 g/mol. The maximum Gasteiger partial charge on any atom is 0.303 e. The number of carboxylic acid groups (broad SMARTS) is 1. The van der Waals surface area contributed by atoms with Crippen LogP contribution in [-0.4, -0.2) is 35.0 Å². The Morgan fingerprint density at radius 1 is 1.28 bits per heavy atom. The first-order chi connectivity index (χ1) is 8.41. The first-order valence-corrected chi connectivity index (χ1v) is 6.90. The van der Waals surface area contributed by atoms with Gasteiger partial charge in [-0.05, 0) is 31.1 Å². The lowest BCUT2D eigenvalue weighted by molar-refractivity contribution is -0.138. The Kier molecular flexibility index (Phi) is 5.63. The number of hydrogen-bond acceptors (Lipinski definition) is 2. The number of carbonyl (C=O) groups excluding carboxylic acids is 1. The van der Waals surface area contributed by atoms with E-state index < -0.39 is 5.97 Å². The van der Waals surface area contributed by atoms with E-state index in [-0.39, 0.29) is 17.7 Å². The number of hydrogen-bond donors (Lipinski definition) is 1. The highest BCUT2D eigenvalue weighted by Gasteiger charge is 2.23. The molecule has 4 nitrogen and oxygen atoms in total. The van der Waals surface area contributed by atoms with Crippen molar-refractivity contribution < 1.29 is 14.7 Å². The van der Waals surface area contributed by atoms with Crippen LogP contribution in [-0.2, 0) is 9.59 Å². The molecule has 1 aliphatic heterocycles. The van der Waals surface area contributed by atoms with E-state index >= 15 is 0 Å². The van der Waals surface area contributed by atoms with Gasteiger partial charge in [0.1, 0.15) is 0 Å². The molecule has 1 fully saturated rings. The summed E-state index contributed by atoms with van der Waals surface area (Å²) < 4.78 is 0. The van der Waals surface area contributed by atoms with Gasteiger partial charge in [0.2, 0.25) is 5.91 Å². The number of carboxylic acids is 1. The predicted octanol–water partition coefficient (Wildman–Crippen LogP) is 2.67. The van der Waals surface area contributed by atoms with Crippen LogP contribution in [0.3, 0.4) is 0 Å². The molecule has 1 amide bonds. The summed E-state index contributed by atoms with van der Waals surface area (Å²) in [5.74, 6) is -0.476. The summed E-state index contributed by atoms with van der Waals surface area (Å²) in [5, 5.41) is 8.71. The van der Waals surface area contributed by atoms with E-state index in [0.717, 1.165) is 38.8 Å². The minimum Gasteiger partial charge on any atom is -0.481 e. The Bertz CT molecular complexity index is 299. The Labute approximate surface area is 109 Å². The van der Waals surface area contributed by atoms with Crippen LogP contribution in [0, 0.1) is 5.41 Å². The summed E-state index contributed by atoms with van der Waals surface area (Å²) in [6.45, 7) is 5.80. The normalized spacial score (nSPS) is 17.7. The molecule has 1 aliphatic rings. The maximum atomic E-state index is 11.8. The molecule has 4 heteroatoms. The summed E-state index contributed by atoms with van der Waals surface area (Å²) in [7, 11) is 0. The van der Waals surface area contributed by atoms with Gasteiger partial charge in [0.15, 0.2) is 0 Å². The topological polar surface area (TPSA) is 57.6 Å². The van der Waals surface area contributed by atoms with Crippen LogP contribution < -0.4 is 0 Å². The Morgan fingerprint density at radius 3 is 2.67 bits per heavy atom. The van der Waals surface area contributed by atoms with E-state index in [1.165, 1.54) is 0 Å². The molecule has 0 aliphatic carbocycles. The zero-order valence-electron chi connectivity index (χ0n) is 11.6. The van der Waals surface area contributed by atoms with Gasteiger partial charge in [-0.3, -0.25) is 9.59 Å². The van der Waals surface area contributed by atoms with Crippen LogP contribution in [0.1, 0.15) is 58.8 Å². The van der Waals surface area contributed by atoms with E-state index in [1.54, 1.807) is 0 Å². The molecule has 18 heavy (non-hydrogen) atoms. The molecule has 0 bridgehead atoms. The number of aliphatic carboxylic acids is 1. The second-order valence-electron chi connectivity index (χ2n) is 6.00. The van der Waals surface area contributed by atoms with Crippen molar-refractivity contribution in [3.05, 3.63) is 0 Å². The lowest BCUT2D eigenvalue weighted by Crippen LogP contribution is -2.33. The quantitative estimate of drug-likeness (QED) is 0.793. The average Bonchev–Trinajstić information content (AvgIpc) is 2.49. The van der Waals surface area contributed by atoms with Gasteiger partial charge in [0.25, 0.3) is 0 Å². The fraction of sp³-hybridized carbons (Fsp3) is 0.857. The molecule has 0 atom stereocenters. The Morgan fingerprint density at radius 2 is 2.00 bits per heavy atom. The summed E-state index contributed by atoms with van der Waals surface area (Å²) in [6, 6.07) is 0. The predicted molar refractivity (Wildman–Crippen MR) is 70.3 cm³/mol. The SMILES string of the molecule is CC(C)(CCC(=O)O)CCN1CCCCCC1=O. The van der Waals surface area contributed by atoms with Crippen molar-refractivity contribution in [1.29, 1.82) is 0 Å². The van der Waals surface area contributed by atoms with Gasteiger partial charge >= 0.3 is 5.97 Å². The van der Waals surface area contributed by atoms with Crippen LogP contribution in [0.2, 0.25) is 0 Å². The van der Waals surface area contributed by atoms with Gasteiger partial charge < -0.3 is 10.0 Å². The summed E-state index contributed by atoms with van der Waals surface area (Å²) in [5.41, 5.74) is -0.00895. The van der Waals surface area contributed by atoms with E-state index in [1.807, 2.05) is 4.90 Å². The molecule has 0 radical (unpaired) electrons. The number of likely N-dealkylation sites (tertiary alicyclic amines) is 1. The van der Waals surface area contributed by atoms with Crippen LogP contribution in [0.5, 0.6) is 0 Å². The molecule has 104 valence electrons. The van der Waals surface area contributed by atoms with E-state index in [0.29, 0.717) is 12.8 Å². The molecule has 1 N–H and O–H groups in total.